The van der Waals surface area contributed by atoms with E-state index in [0.29, 0.717) is 59.5 Å². The molecule has 0 atom stereocenters. The van der Waals surface area contributed by atoms with E-state index in [2.05, 4.69) is 25.4 Å². The summed E-state index contributed by atoms with van der Waals surface area (Å²) in [5, 5.41) is 5.80. The molecule has 0 bridgehead atoms. The third-order valence-electron chi connectivity index (χ3n) is 11.6. The van der Waals surface area contributed by atoms with Crippen molar-refractivity contribution >= 4 is 40.9 Å². The maximum Gasteiger partial charge on any atom is 0.416 e. The lowest BCUT2D eigenvalue weighted by atomic mass is 10.0. The van der Waals surface area contributed by atoms with Crippen LogP contribution < -0.4 is 15.5 Å². The highest BCUT2D eigenvalue weighted by atomic mass is 32.2. The second-order valence-electron chi connectivity index (χ2n) is 15.9. The lowest BCUT2D eigenvalue weighted by molar-refractivity contribution is -0.137. The Kier molecular flexibility index (Phi) is 15.9. The largest absolute Gasteiger partial charge is 0.416 e. The van der Waals surface area contributed by atoms with Gasteiger partial charge in [-0.1, -0.05) is 24.3 Å². The molecule has 62 heavy (non-hydrogen) atoms. The average Bonchev–Trinajstić information content (AvgIpc) is 3.31. The Morgan fingerprint density at radius 1 is 0.806 bits per heavy atom. The van der Waals surface area contributed by atoms with E-state index >= 15 is 0 Å². The highest BCUT2D eigenvalue weighted by Crippen LogP contribution is 2.34. The summed E-state index contributed by atoms with van der Waals surface area (Å²) in [6.45, 7) is 7.78. The van der Waals surface area contributed by atoms with E-state index in [4.69, 9.17) is 9.47 Å². The summed E-state index contributed by atoms with van der Waals surface area (Å²) in [6, 6.07) is 21.9. The van der Waals surface area contributed by atoms with Crippen molar-refractivity contribution in [3.63, 3.8) is 0 Å². The topological polar surface area (TPSA) is 116 Å². The van der Waals surface area contributed by atoms with Crippen molar-refractivity contribution in [2.45, 2.75) is 63.0 Å². The third kappa shape index (κ3) is 12.6. The number of ether oxygens (including phenoxy) is 2. The Morgan fingerprint density at radius 3 is 2.35 bits per heavy atom. The summed E-state index contributed by atoms with van der Waals surface area (Å²) < 4.78 is 51.1. The van der Waals surface area contributed by atoms with E-state index in [0.717, 1.165) is 107 Å². The number of thioether (sulfide) groups is 1. The number of likely N-dealkylation sites (tertiary alicyclic amines) is 1. The van der Waals surface area contributed by atoms with E-state index in [9.17, 15) is 27.6 Å². The molecule has 15 heteroatoms. The SMILES string of the molecule is O=C(NCc1cccc(C(F)(F)F)c1)c1ccnc(-c2cc(N3CCCCC3)ccc2NC(=O)c2cccc(CSCCOCCC(=O)N3CCC(N4CCOCC4)CC3)c2)c1. The molecule has 3 aromatic carbocycles. The highest BCUT2D eigenvalue weighted by molar-refractivity contribution is 7.98. The molecule has 0 aliphatic carbocycles. The van der Waals surface area contributed by atoms with Gasteiger partial charge in [-0.25, -0.2) is 0 Å². The molecular formula is C47H55F3N6O5S. The smallest absolute Gasteiger partial charge is 0.380 e. The number of halogens is 3. The number of aromatic nitrogens is 1. The van der Waals surface area contributed by atoms with Gasteiger partial charge in [0, 0.05) is 91.9 Å². The number of morpholine rings is 1. The normalized spacial score (nSPS) is 16.6. The van der Waals surface area contributed by atoms with Crippen molar-refractivity contribution < 1.29 is 37.0 Å². The summed E-state index contributed by atoms with van der Waals surface area (Å²) in [5.74, 6) is 0.825. The van der Waals surface area contributed by atoms with Gasteiger partial charge in [0.2, 0.25) is 5.91 Å². The summed E-state index contributed by atoms with van der Waals surface area (Å²) in [7, 11) is 0. The first kappa shape index (κ1) is 45.1. The highest BCUT2D eigenvalue weighted by Gasteiger charge is 2.31. The molecule has 2 N–H and O–H groups in total. The van der Waals surface area contributed by atoms with Gasteiger partial charge < -0.3 is 29.9 Å². The molecule has 4 aromatic rings. The fourth-order valence-corrected chi connectivity index (χ4v) is 9.01. The zero-order valence-corrected chi connectivity index (χ0v) is 35.8. The number of rotatable bonds is 16. The van der Waals surface area contributed by atoms with Gasteiger partial charge in [0.05, 0.1) is 49.8 Å². The number of benzene rings is 3. The van der Waals surface area contributed by atoms with Crippen molar-refractivity contribution in [2.75, 3.05) is 81.7 Å². The molecule has 0 radical (unpaired) electrons. The Morgan fingerprint density at radius 2 is 1.56 bits per heavy atom. The first-order chi connectivity index (χ1) is 30.1. The predicted molar refractivity (Wildman–Crippen MR) is 236 cm³/mol. The van der Waals surface area contributed by atoms with Crippen LogP contribution in [0.25, 0.3) is 11.3 Å². The minimum Gasteiger partial charge on any atom is -0.380 e. The second-order valence-corrected chi connectivity index (χ2v) is 17.0. The molecule has 3 fully saturated rings. The van der Waals surface area contributed by atoms with Crippen molar-refractivity contribution in [1.82, 2.24) is 20.1 Å². The molecule has 11 nitrogen and oxygen atoms in total. The predicted octanol–water partition coefficient (Wildman–Crippen LogP) is 7.90. The number of nitrogens with zero attached hydrogens (tertiary/aromatic N) is 4. The Labute approximate surface area is 365 Å². The van der Waals surface area contributed by atoms with Crippen molar-refractivity contribution in [3.8, 4) is 11.3 Å². The molecule has 0 unspecified atom stereocenters. The van der Waals surface area contributed by atoms with E-state index in [1.54, 1.807) is 30.0 Å². The molecule has 3 aliphatic heterocycles. The Balaban J connectivity index is 0.917. The van der Waals surface area contributed by atoms with Gasteiger partial charge in [0.25, 0.3) is 11.8 Å². The number of pyridine rings is 1. The number of hydrogen-bond acceptors (Lipinski definition) is 9. The zero-order valence-electron chi connectivity index (χ0n) is 35.0. The Hall–Kier alpha value is -4.96. The number of carbonyl (C=O) groups is 3. The monoisotopic (exact) mass is 872 g/mol. The molecule has 0 saturated carbocycles. The van der Waals surface area contributed by atoms with Gasteiger partial charge in [-0.15, -0.1) is 0 Å². The van der Waals surface area contributed by atoms with Crippen LogP contribution in [0.15, 0.2) is 85.1 Å². The van der Waals surface area contributed by atoms with Gasteiger partial charge in [-0.2, -0.15) is 24.9 Å². The minimum absolute atomic E-state index is 0.0875. The zero-order chi connectivity index (χ0) is 43.3. The molecule has 1 aromatic heterocycles. The van der Waals surface area contributed by atoms with Crippen LogP contribution in [0.2, 0.25) is 0 Å². The van der Waals surface area contributed by atoms with Gasteiger partial charge in [0.1, 0.15) is 0 Å². The van der Waals surface area contributed by atoms with Crippen LogP contribution in [0.1, 0.15) is 75.9 Å². The van der Waals surface area contributed by atoms with Crippen LogP contribution in [0, 0.1) is 0 Å². The molecule has 7 rings (SSSR count). The van der Waals surface area contributed by atoms with Crippen LogP contribution in [-0.4, -0.2) is 110 Å². The van der Waals surface area contributed by atoms with Gasteiger partial charge in [-0.3, -0.25) is 24.3 Å². The first-order valence-corrected chi connectivity index (χ1v) is 22.7. The van der Waals surface area contributed by atoms with E-state index in [1.165, 1.54) is 24.8 Å². The summed E-state index contributed by atoms with van der Waals surface area (Å²) in [6.07, 6.45) is 2.74. The van der Waals surface area contributed by atoms with E-state index in [-0.39, 0.29) is 23.9 Å². The number of nitrogens with one attached hydrogen (secondary N) is 2. The quantitative estimate of drug-likeness (QED) is 0.109. The van der Waals surface area contributed by atoms with Crippen LogP contribution >= 0.6 is 11.8 Å². The summed E-state index contributed by atoms with van der Waals surface area (Å²) in [5.41, 5.74) is 3.91. The molecule has 3 aliphatic rings. The van der Waals surface area contributed by atoms with Crippen molar-refractivity contribution in [3.05, 3.63) is 113 Å². The average molecular weight is 873 g/mol. The minimum atomic E-state index is -4.49. The van der Waals surface area contributed by atoms with Gasteiger partial charge in [-0.05, 0) is 97.8 Å². The van der Waals surface area contributed by atoms with Crippen molar-refractivity contribution in [2.24, 2.45) is 0 Å². The maximum atomic E-state index is 13.8. The second kappa shape index (κ2) is 21.9. The summed E-state index contributed by atoms with van der Waals surface area (Å²) in [4.78, 5) is 51.2. The molecule has 4 heterocycles. The number of alkyl halides is 3. The van der Waals surface area contributed by atoms with E-state index in [1.807, 2.05) is 41.3 Å². The van der Waals surface area contributed by atoms with E-state index < -0.39 is 17.6 Å². The number of piperidine rings is 2. The molecular weight excluding hydrogens is 818 g/mol. The fraction of sp³-hybridized carbons (Fsp3) is 0.447. The Bertz CT molecular complexity index is 2140. The molecule has 3 amide bonds. The number of anilines is 2. The standard InChI is InChI=1S/C47H55F3N6O5S/c48-47(49,50)38-9-5-6-34(29-38)32-52-45(58)37-12-16-51-43(30-37)41-31-40(54-17-2-1-3-18-54)10-11-42(41)53-46(59)36-8-4-7-35(28-36)33-62-27-26-60-23-15-44(57)56-19-13-39(14-20-56)55-21-24-61-25-22-55/h4-12,16,28-31,39H,1-3,13-15,17-27,32-33H2,(H,52,58)(H,53,59). The van der Waals surface area contributed by atoms with Gasteiger partial charge in [0.15, 0.2) is 0 Å². The van der Waals surface area contributed by atoms with Crippen LogP contribution in [-0.2, 0) is 32.7 Å². The third-order valence-corrected chi connectivity index (χ3v) is 12.6. The molecule has 3 saturated heterocycles. The molecule has 330 valence electrons. The first-order valence-electron chi connectivity index (χ1n) is 21.6. The maximum absolute atomic E-state index is 13.8. The number of carbonyl (C=O) groups excluding carboxylic acids is 3. The number of amides is 3. The van der Waals surface area contributed by atoms with Crippen molar-refractivity contribution in [1.29, 1.82) is 0 Å². The van der Waals surface area contributed by atoms with Crippen LogP contribution in [0.4, 0.5) is 24.5 Å². The van der Waals surface area contributed by atoms with Crippen LogP contribution in [0.3, 0.4) is 0 Å². The lowest BCUT2D eigenvalue weighted by Gasteiger charge is -2.40. The lowest BCUT2D eigenvalue weighted by Crippen LogP contribution is -2.50. The molecule has 0 spiro atoms. The fourth-order valence-electron chi connectivity index (χ4n) is 8.21. The number of hydrogen-bond donors (Lipinski definition) is 2. The summed E-state index contributed by atoms with van der Waals surface area (Å²) >= 11 is 1.70. The van der Waals surface area contributed by atoms with Crippen LogP contribution in [0.5, 0.6) is 0 Å². The van der Waals surface area contributed by atoms with Gasteiger partial charge >= 0.3 is 6.18 Å².